The van der Waals surface area contributed by atoms with Gasteiger partial charge >= 0.3 is 12.1 Å². The molecule has 0 radical (unpaired) electrons. The van der Waals surface area contributed by atoms with E-state index in [-0.39, 0.29) is 30.4 Å². The molecule has 0 saturated heterocycles. The molecule has 7 heteroatoms. The van der Waals surface area contributed by atoms with Crippen molar-refractivity contribution in [1.29, 1.82) is 0 Å². The summed E-state index contributed by atoms with van der Waals surface area (Å²) in [6.07, 6.45) is 2.59. The molecule has 176 valence electrons. The number of alkyl carbamates (subject to hydrolysis) is 1. The second kappa shape index (κ2) is 7.32. The average molecular weight is 461 g/mol. The number of hydrogen-bond acceptors (Lipinski definition) is 4. The van der Waals surface area contributed by atoms with Crippen LogP contribution in [-0.2, 0) is 14.3 Å². The molecule has 0 bridgehead atoms. The van der Waals surface area contributed by atoms with Crippen LogP contribution in [-0.4, -0.2) is 53.2 Å². The van der Waals surface area contributed by atoms with E-state index in [0.29, 0.717) is 19.3 Å². The van der Waals surface area contributed by atoms with Gasteiger partial charge in [0, 0.05) is 19.0 Å². The molecule has 0 aromatic heterocycles. The second-order valence-electron chi connectivity index (χ2n) is 10.4. The Kier molecular flexibility index (Phi) is 4.57. The predicted molar refractivity (Wildman–Crippen MR) is 124 cm³/mol. The third-order valence-electron chi connectivity index (χ3n) is 8.57. The maximum absolute atomic E-state index is 13.2. The van der Waals surface area contributed by atoms with E-state index in [0.717, 1.165) is 12.8 Å². The first-order valence-corrected chi connectivity index (χ1v) is 12.0. The van der Waals surface area contributed by atoms with Crippen LogP contribution in [0.25, 0.3) is 11.1 Å². The number of carbonyl (C=O) groups excluding carboxylic acids is 2. The first kappa shape index (κ1) is 21.2. The lowest BCUT2D eigenvalue weighted by Gasteiger charge is -2.29. The summed E-state index contributed by atoms with van der Waals surface area (Å²) in [5.74, 6) is -0.814. The van der Waals surface area contributed by atoms with E-state index in [1.54, 1.807) is 7.05 Å². The van der Waals surface area contributed by atoms with Gasteiger partial charge in [0.15, 0.2) is 0 Å². The maximum Gasteiger partial charge on any atom is 0.407 e. The first-order valence-electron chi connectivity index (χ1n) is 12.0. The maximum atomic E-state index is 13.2. The zero-order chi connectivity index (χ0) is 23.7. The summed E-state index contributed by atoms with van der Waals surface area (Å²) < 4.78 is 5.67. The van der Waals surface area contributed by atoms with Crippen LogP contribution in [0.4, 0.5) is 4.79 Å². The number of aliphatic carboxylic acids is 1. The van der Waals surface area contributed by atoms with Crippen LogP contribution in [0.5, 0.6) is 0 Å². The van der Waals surface area contributed by atoms with E-state index < -0.39 is 23.0 Å². The number of nitrogens with zero attached hydrogens (tertiary/aromatic N) is 1. The number of benzene rings is 2. The van der Waals surface area contributed by atoms with Crippen molar-refractivity contribution < 1.29 is 24.2 Å². The number of carbonyl (C=O) groups is 3. The summed E-state index contributed by atoms with van der Waals surface area (Å²) in [5, 5.41) is 12.5. The molecule has 3 atom stereocenters. The monoisotopic (exact) mass is 460 g/mol. The third kappa shape index (κ3) is 3.06. The number of carboxylic acid groups (broad SMARTS) is 1. The van der Waals surface area contributed by atoms with E-state index in [1.165, 1.54) is 27.2 Å². The Morgan fingerprint density at radius 3 is 2.24 bits per heavy atom. The number of hydrogen-bond donors (Lipinski definition) is 2. The first-order chi connectivity index (χ1) is 16.4. The Morgan fingerprint density at radius 1 is 1.03 bits per heavy atom. The van der Waals surface area contributed by atoms with Crippen LogP contribution >= 0.6 is 0 Å². The van der Waals surface area contributed by atoms with Gasteiger partial charge in [0.25, 0.3) is 0 Å². The lowest BCUT2D eigenvalue weighted by Crippen LogP contribution is -2.48. The Morgan fingerprint density at radius 2 is 1.65 bits per heavy atom. The summed E-state index contributed by atoms with van der Waals surface area (Å²) in [6, 6.07) is 16.3. The second-order valence-corrected chi connectivity index (χ2v) is 10.4. The Hall–Kier alpha value is -3.35. The van der Waals surface area contributed by atoms with E-state index in [1.807, 2.05) is 24.3 Å². The topological polar surface area (TPSA) is 95.9 Å². The fourth-order valence-corrected chi connectivity index (χ4v) is 6.41. The minimum atomic E-state index is -1.03. The molecule has 0 spiro atoms. The van der Waals surface area contributed by atoms with Gasteiger partial charge in [0.2, 0.25) is 5.91 Å². The fraction of sp³-hybridized carbons (Fsp3) is 0.444. The Labute approximate surface area is 198 Å². The molecular formula is C27H28N2O5. The van der Waals surface area contributed by atoms with E-state index in [9.17, 15) is 19.5 Å². The molecule has 0 aliphatic heterocycles. The highest BCUT2D eigenvalue weighted by Gasteiger charge is 2.68. The minimum absolute atomic E-state index is 0.00227. The highest BCUT2D eigenvalue weighted by Crippen LogP contribution is 2.65. The highest BCUT2D eigenvalue weighted by atomic mass is 16.5. The van der Waals surface area contributed by atoms with E-state index >= 15 is 0 Å². The lowest BCUT2D eigenvalue weighted by molar-refractivity contribution is -0.153. The molecule has 2 aromatic rings. The number of rotatable bonds is 6. The van der Waals surface area contributed by atoms with Crippen molar-refractivity contribution >= 4 is 18.0 Å². The van der Waals surface area contributed by atoms with Crippen LogP contribution in [0.2, 0.25) is 0 Å². The van der Waals surface area contributed by atoms with Gasteiger partial charge in [-0.1, -0.05) is 48.5 Å². The number of fused-ring (bicyclic) bond motifs is 4. The lowest BCUT2D eigenvalue weighted by atomic mass is 9.98. The quantitative estimate of drug-likeness (QED) is 0.684. The van der Waals surface area contributed by atoms with Gasteiger partial charge in [-0.15, -0.1) is 0 Å². The number of carboxylic acids is 1. The number of amides is 2. The Balaban J connectivity index is 1.07. The molecule has 34 heavy (non-hydrogen) atoms. The molecule has 2 N–H and O–H groups in total. The van der Waals surface area contributed by atoms with Gasteiger partial charge in [0.05, 0.1) is 5.41 Å². The molecule has 6 rings (SSSR count). The van der Waals surface area contributed by atoms with Crippen molar-refractivity contribution in [3.63, 3.8) is 0 Å². The van der Waals surface area contributed by atoms with Crippen molar-refractivity contribution in [2.45, 2.75) is 49.6 Å². The smallest absolute Gasteiger partial charge is 0.407 e. The molecule has 2 amide bonds. The molecule has 0 heterocycles. The SMILES string of the molecule is CN(C(=O)[C@]12C[C@H](NC(=O)OCC3c4ccccc4-c4ccccc43)C[C@H]1C2)C1(C(=O)O)CC1. The average Bonchev–Trinajstić information content (AvgIpc) is 3.72. The zero-order valence-corrected chi connectivity index (χ0v) is 19.1. The van der Waals surface area contributed by atoms with Crippen molar-refractivity contribution in [1.82, 2.24) is 10.2 Å². The zero-order valence-electron chi connectivity index (χ0n) is 19.1. The van der Waals surface area contributed by atoms with Crippen LogP contribution in [0, 0.1) is 11.3 Å². The third-order valence-corrected chi connectivity index (χ3v) is 8.57. The van der Waals surface area contributed by atoms with Gasteiger partial charge in [0.1, 0.15) is 12.1 Å². The van der Waals surface area contributed by atoms with Gasteiger partial charge in [-0.2, -0.15) is 0 Å². The molecule has 3 fully saturated rings. The van der Waals surface area contributed by atoms with Gasteiger partial charge in [-0.3, -0.25) is 4.79 Å². The molecular weight excluding hydrogens is 432 g/mol. The minimum Gasteiger partial charge on any atom is -0.479 e. The van der Waals surface area contributed by atoms with Crippen molar-refractivity contribution in [3.8, 4) is 11.1 Å². The normalized spacial score (nSPS) is 27.2. The molecule has 0 unspecified atom stereocenters. The van der Waals surface area contributed by atoms with Crippen molar-refractivity contribution in [3.05, 3.63) is 59.7 Å². The predicted octanol–water partition coefficient (Wildman–Crippen LogP) is 3.77. The highest BCUT2D eigenvalue weighted by molar-refractivity contribution is 5.94. The fourth-order valence-electron chi connectivity index (χ4n) is 6.41. The molecule has 7 nitrogen and oxygen atoms in total. The van der Waals surface area contributed by atoms with Crippen LogP contribution in [0.1, 0.15) is 49.1 Å². The number of nitrogens with one attached hydrogen (secondary N) is 1. The van der Waals surface area contributed by atoms with E-state index in [2.05, 4.69) is 29.6 Å². The van der Waals surface area contributed by atoms with Gasteiger partial charge in [-0.25, -0.2) is 9.59 Å². The summed E-state index contributed by atoms with van der Waals surface area (Å²) in [5.41, 5.74) is 3.14. The molecule has 2 aromatic carbocycles. The van der Waals surface area contributed by atoms with Gasteiger partial charge < -0.3 is 20.1 Å². The van der Waals surface area contributed by atoms with Gasteiger partial charge in [-0.05, 0) is 60.3 Å². The van der Waals surface area contributed by atoms with E-state index in [4.69, 9.17) is 4.74 Å². The summed E-state index contributed by atoms with van der Waals surface area (Å²) >= 11 is 0. The number of ether oxygens (including phenoxy) is 1. The molecule has 3 saturated carbocycles. The standard InChI is InChI=1S/C27H28N2O5/c1-29(27(10-11-27)24(31)32)23(30)26-13-16(26)12-17(14-26)28-25(33)34-15-22-20-8-4-2-6-18(20)19-7-3-5-9-21(19)22/h2-9,16-17,22H,10-15H2,1H3,(H,28,33)(H,31,32)/t16-,17+,26+/m0/s1. The number of likely N-dealkylation sites (N-methyl/N-ethyl adjacent to an activating group) is 1. The summed E-state index contributed by atoms with van der Waals surface area (Å²) in [7, 11) is 1.61. The molecule has 4 aliphatic rings. The van der Waals surface area contributed by atoms with Crippen molar-refractivity contribution in [2.75, 3.05) is 13.7 Å². The Bertz CT molecular complexity index is 1160. The summed E-state index contributed by atoms with van der Waals surface area (Å²) in [4.78, 5) is 38.9. The van der Waals surface area contributed by atoms with Crippen LogP contribution in [0.15, 0.2) is 48.5 Å². The van der Waals surface area contributed by atoms with Crippen LogP contribution in [0.3, 0.4) is 0 Å². The molecule has 4 aliphatic carbocycles. The largest absolute Gasteiger partial charge is 0.479 e. The summed E-state index contributed by atoms with van der Waals surface area (Å²) in [6.45, 7) is 0.254. The van der Waals surface area contributed by atoms with Crippen LogP contribution < -0.4 is 5.32 Å². The van der Waals surface area contributed by atoms with Crippen molar-refractivity contribution in [2.24, 2.45) is 11.3 Å².